The Hall–Kier alpha value is -3.94. The van der Waals surface area contributed by atoms with Gasteiger partial charge in [0, 0.05) is 34.8 Å². The van der Waals surface area contributed by atoms with Gasteiger partial charge in [0.05, 0.1) is 12.5 Å². The van der Waals surface area contributed by atoms with Gasteiger partial charge in [-0.05, 0) is 63.0 Å². The van der Waals surface area contributed by atoms with Gasteiger partial charge in [0.1, 0.15) is 11.4 Å². The van der Waals surface area contributed by atoms with Crippen molar-refractivity contribution in [3.05, 3.63) is 48.7 Å². The lowest BCUT2D eigenvalue weighted by Gasteiger charge is -2.12. The Bertz CT molecular complexity index is 1260. The van der Waals surface area contributed by atoms with Crippen LogP contribution in [-0.4, -0.2) is 38.6 Å². The molecule has 2 heterocycles. The van der Waals surface area contributed by atoms with Gasteiger partial charge in [0.2, 0.25) is 5.82 Å². The number of aromatic nitrogens is 3. The van der Waals surface area contributed by atoms with Crippen molar-refractivity contribution < 1.29 is 19.2 Å². The Balaban J connectivity index is 1.60. The normalized spacial score (nSPS) is 11.2. The number of nitrogens with zero attached hydrogens (tertiary/aromatic N) is 4. The number of ether oxygens (including phenoxy) is 1. The summed E-state index contributed by atoms with van der Waals surface area (Å²) in [7, 11) is 0. The van der Waals surface area contributed by atoms with E-state index in [2.05, 4.69) is 21.9 Å². The van der Waals surface area contributed by atoms with E-state index in [0.717, 1.165) is 22.0 Å². The SMILES string of the molecule is C=Nc1cc(-c2nc(-c3ccc4c(ccn4CCC(=O)O)c3)no2)ccc1OC(C)C. The Morgan fingerprint density at radius 3 is 2.77 bits per heavy atom. The maximum atomic E-state index is 10.8. The second-order valence-electron chi connectivity index (χ2n) is 7.36. The second kappa shape index (κ2) is 8.43. The Morgan fingerprint density at radius 2 is 2.03 bits per heavy atom. The molecule has 0 fully saturated rings. The molecule has 8 nitrogen and oxygen atoms in total. The summed E-state index contributed by atoms with van der Waals surface area (Å²) in [5.41, 5.74) is 3.09. The summed E-state index contributed by atoms with van der Waals surface area (Å²) in [6, 6.07) is 13.2. The van der Waals surface area contributed by atoms with Gasteiger partial charge < -0.3 is 18.9 Å². The number of rotatable bonds is 8. The van der Waals surface area contributed by atoms with Crippen LogP contribution in [-0.2, 0) is 11.3 Å². The van der Waals surface area contributed by atoms with Crippen molar-refractivity contribution >= 4 is 29.3 Å². The van der Waals surface area contributed by atoms with Crippen LogP contribution in [0.4, 0.5) is 5.69 Å². The number of aryl methyl sites for hydroxylation is 1. The lowest BCUT2D eigenvalue weighted by atomic mass is 10.1. The van der Waals surface area contributed by atoms with Gasteiger partial charge in [-0.15, -0.1) is 0 Å². The van der Waals surface area contributed by atoms with Crippen molar-refractivity contribution in [3.8, 4) is 28.6 Å². The molecule has 0 atom stereocenters. The van der Waals surface area contributed by atoms with Gasteiger partial charge in [-0.2, -0.15) is 4.98 Å². The predicted octanol–water partition coefficient (Wildman–Crippen LogP) is 4.95. The lowest BCUT2D eigenvalue weighted by Crippen LogP contribution is -2.05. The predicted molar refractivity (Wildman–Crippen MR) is 118 cm³/mol. The first-order valence-electron chi connectivity index (χ1n) is 9.87. The zero-order valence-corrected chi connectivity index (χ0v) is 17.3. The fraction of sp³-hybridized carbons (Fsp3) is 0.217. The number of carboxylic acid groups (broad SMARTS) is 1. The summed E-state index contributed by atoms with van der Waals surface area (Å²) in [6.07, 6.45) is 1.97. The van der Waals surface area contributed by atoms with E-state index < -0.39 is 5.97 Å². The van der Waals surface area contributed by atoms with Gasteiger partial charge >= 0.3 is 5.97 Å². The van der Waals surface area contributed by atoms with Crippen LogP contribution in [0.2, 0.25) is 0 Å². The first-order valence-corrected chi connectivity index (χ1v) is 9.87. The van der Waals surface area contributed by atoms with Gasteiger partial charge in [0.15, 0.2) is 0 Å². The maximum Gasteiger partial charge on any atom is 0.305 e. The molecule has 8 heteroatoms. The molecule has 31 heavy (non-hydrogen) atoms. The van der Waals surface area contributed by atoms with Crippen LogP contribution in [0.25, 0.3) is 33.7 Å². The third-order valence-corrected chi connectivity index (χ3v) is 4.76. The van der Waals surface area contributed by atoms with Crippen molar-refractivity contribution in [2.24, 2.45) is 4.99 Å². The Morgan fingerprint density at radius 1 is 1.23 bits per heavy atom. The number of hydrogen-bond donors (Lipinski definition) is 1. The number of aliphatic imine (C=N–C) groups is 1. The zero-order chi connectivity index (χ0) is 22.0. The van der Waals surface area contributed by atoms with E-state index in [1.165, 1.54) is 0 Å². The van der Waals surface area contributed by atoms with Crippen LogP contribution >= 0.6 is 0 Å². The van der Waals surface area contributed by atoms with Crippen molar-refractivity contribution in [2.75, 3.05) is 0 Å². The molecule has 158 valence electrons. The minimum absolute atomic E-state index is 0.0234. The minimum Gasteiger partial charge on any atom is -0.489 e. The maximum absolute atomic E-state index is 10.8. The summed E-state index contributed by atoms with van der Waals surface area (Å²) in [6.45, 7) is 7.92. The highest BCUT2D eigenvalue weighted by Crippen LogP contribution is 2.33. The molecule has 4 rings (SSSR count). The van der Waals surface area contributed by atoms with Crippen LogP contribution in [0.15, 0.2) is 58.2 Å². The van der Waals surface area contributed by atoms with E-state index in [9.17, 15) is 4.79 Å². The van der Waals surface area contributed by atoms with Gasteiger partial charge in [-0.25, -0.2) is 0 Å². The number of fused-ring (bicyclic) bond motifs is 1. The number of hydrogen-bond acceptors (Lipinski definition) is 6. The lowest BCUT2D eigenvalue weighted by molar-refractivity contribution is -0.137. The molecular formula is C23H22N4O4. The highest BCUT2D eigenvalue weighted by molar-refractivity contribution is 5.85. The van der Waals surface area contributed by atoms with Crippen LogP contribution in [0.1, 0.15) is 20.3 Å². The summed E-state index contributed by atoms with van der Waals surface area (Å²) >= 11 is 0. The van der Waals surface area contributed by atoms with E-state index in [1.807, 2.05) is 61.0 Å². The number of benzene rings is 2. The number of carbonyl (C=O) groups is 1. The summed E-state index contributed by atoms with van der Waals surface area (Å²) in [5, 5.41) is 14.0. The summed E-state index contributed by atoms with van der Waals surface area (Å²) in [5.74, 6) is 0.656. The highest BCUT2D eigenvalue weighted by Gasteiger charge is 2.14. The quantitative estimate of drug-likeness (QED) is 0.406. The monoisotopic (exact) mass is 418 g/mol. The van der Waals surface area contributed by atoms with Crippen molar-refractivity contribution in [2.45, 2.75) is 32.9 Å². The minimum atomic E-state index is -0.823. The van der Waals surface area contributed by atoms with Crippen molar-refractivity contribution in [3.63, 3.8) is 0 Å². The molecule has 0 aliphatic rings. The molecule has 0 aliphatic carbocycles. The Labute approximate surface area is 178 Å². The highest BCUT2D eigenvalue weighted by atomic mass is 16.5. The number of carboxylic acids is 1. The standard InChI is InChI=1S/C23H22N4O4/c1-14(2)30-20-7-5-17(13-18(20)24-3)23-25-22(26-31-23)16-4-6-19-15(12-16)8-10-27(19)11-9-21(28)29/h4-8,10,12-14H,3,9,11H2,1-2H3,(H,28,29). The van der Waals surface area contributed by atoms with Gasteiger partial charge in [-0.1, -0.05) is 5.16 Å². The van der Waals surface area contributed by atoms with E-state index in [1.54, 1.807) is 6.07 Å². The first-order chi connectivity index (χ1) is 14.9. The van der Waals surface area contributed by atoms with Crippen molar-refractivity contribution in [1.82, 2.24) is 14.7 Å². The molecule has 0 aliphatic heterocycles. The molecule has 0 radical (unpaired) electrons. The van der Waals surface area contributed by atoms with Crippen LogP contribution < -0.4 is 4.74 Å². The third-order valence-electron chi connectivity index (χ3n) is 4.76. The third kappa shape index (κ3) is 4.32. The molecule has 1 N–H and O–H groups in total. The number of aliphatic carboxylic acids is 1. The smallest absolute Gasteiger partial charge is 0.305 e. The van der Waals surface area contributed by atoms with E-state index in [0.29, 0.717) is 29.7 Å². The molecule has 0 saturated carbocycles. The molecular weight excluding hydrogens is 396 g/mol. The fourth-order valence-electron chi connectivity index (χ4n) is 3.34. The average molecular weight is 418 g/mol. The molecule has 0 saturated heterocycles. The molecule has 2 aromatic heterocycles. The Kier molecular flexibility index (Phi) is 5.53. The van der Waals surface area contributed by atoms with Crippen LogP contribution in [0, 0.1) is 0 Å². The van der Waals surface area contributed by atoms with Crippen molar-refractivity contribution in [1.29, 1.82) is 0 Å². The topological polar surface area (TPSA) is 103 Å². The molecule has 4 aromatic rings. The van der Waals surface area contributed by atoms with Gasteiger partial charge in [0.25, 0.3) is 5.89 Å². The van der Waals surface area contributed by atoms with E-state index >= 15 is 0 Å². The molecule has 0 bridgehead atoms. The van der Waals surface area contributed by atoms with E-state index in [-0.39, 0.29) is 12.5 Å². The molecule has 0 unspecified atom stereocenters. The largest absolute Gasteiger partial charge is 0.489 e. The van der Waals surface area contributed by atoms with Gasteiger partial charge in [-0.3, -0.25) is 9.79 Å². The molecule has 0 amide bonds. The molecule has 2 aromatic carbocycles. The second-order valence-corrected chi connectivity index (χ2v) is 7.36. The van der Waals surface area contributed by atoms with E-state index in [4.69, 9.17) is 14.4 Å². The fourth-order valence-corrected chi connectivity index (χ4v) is 3.34. The average Bonchev–Trinajstić information content (AvgIpc) is 3.39. The zero-order valence-electron chi connectivity index (χ0n) is 17.3. The molecule has 0 spiro atoms. The first kappa shape index (κ1) is 20.3. The van der Waals surface area contributed by atoms with Crippen LogP contribution in [0.3, 0.4) is 0 Å². The van der Waals surface area contributed by atoms with Crippen LogP contribution in [0.5, 0.6) is 5.75 Å². The summed E-state index contributed by atoms with van der Waals surface area (Å²) in [4.78, 5) is 19.4. The summed E-state index contributed by atoms with van der Waals surface area (Å²) < 4.78 is 13.1.